The minimum Gasteiger partial charge on any atom is -0.493 e. The van der Waals surface area contributed by atoms with Crippen molar-refractivity contribution in [2.45, 2.75) is 27.2 Å². The first-order chi connectivity index (χ1) is 17.9. The molecule has 4 heterocycles. The van der Waals surface area contributed by atoms with Crippen molar-refractivity contribution in [2.75, 3.05) is 35.7 Å². The Balaban J connectivity index is 1.32. The summed E-state index contributed by atoms with van der Waals surface area (Å²) in [5.74, 6) is 2.59. The number of hydrogen-bond acceptors (Lipinski definition) is 7. The third kappa shape index (κ3) is 4.58. The van der Waals surface area contributed by atoms with E-state index in [1.165, 1.54) is 0 Å². The van der Waals surface area contributed by atoms with Gasteiger partial charge in [-0.15, -0.1) is 0 Å². The van der Waals surface area contributed by atoms with Crippen LogP contribution < -0.4 is 20.3 Å². The first-order valence-electron chi connectivity index (χ1n) is 12.3. The van der Waals surface area contributed by atoms with Crippen LogP contribution in [0, 0.1) is 13.8 Å². The molecule has 0 atom stereocenters. The molecule has 4 aromatic rings. The number of rotatable bonds is 6. The van der Waals surface area contributed by atoms with E-state index in [9.17, 15) is 4.79 Å². The van der Waals surface area contributed by atoms with E-state index >= 15 is 0 Å². The molecule has 37 heavy (non-hydrogen) atoms. The zero-order chi connectivity index (χ0) is 26.1. The van der Waals surface area contributed by atoms with E-state index < -0.39 is 0 Å². The summed E-state index contributed by atoms with van der Waals surface area (Å²) in [6.45, 7) is 7.13. The van der Waals surface area contributed by atoms with Crippen LogP contribution in [-0.2, 0) is 6.42 Å². The van der Waals surface area contributed by atoms with E-state index in [-0.39, 0.29) is 5.91 Å². The number of anilines is 4. The molecule has 0 spiro atoms. The van der Waals surface area contributed by atoms with Crippen molar-refractivity contribution in [3.05, 3.63) is 83.3 Å². The molecule has 5 rings (SSSR count). The topological polar surface area (TPSA) is 97.5 Å². The van der Waals surface area contributed by atoms with Crippen LogP contribution in [0.1, 0.15) is 34.1 Å². The Kier molecular flexibility index (Phi) is 6.48. The maximum absolute atomic E-state index is 13.3. The molecule has 188 valence electrons. The van der Waals surface area contributed by atoms with Crippen LogP contribution in [0.25, 0.3) is 11.1 Å². The molecule has 8 heteroatoms. The van der Waals surface area contributed by atoms with Crippen molar-refractivity contribution < 1.29 is 9.53 Å². The molecule has 0 bridgehead atoms. The Morgan fingerprint density at radius 3 is 2.59 bits per heavy atom. The SMILES string of the molecule is CCN1c2ncc(CCOc3ccc(-c4ccc(N)nc4C)cc3C)cc2C(=O)N(C)c2cccnc21. The minimum atomic E-state index is -0.102. The number of carbonyl (C=O) groups is 1. The number of benzene rings is 1. The predicted octanol–water partition coefficient (Wildman–Crippen LogP) is 5.11. The van der Waals surface area contributed by atoms with Gasteiger partial charge < -0.3 is 20.3 Å². The maximum Gasteiger partial charge on any atom is 0.261 e. The van der Waals surface area contributed by atoms with Gasteiger partial charge in [0.2, 0.25) is 0 Å². The molecular formula is C29H30N6O2. The summed E-state index contributed by atoms with van der Waals surface area (Å²) < 4.78 is 6.11. The number of hydrogen-bond donors (Lipinski definition) is 1. The summed E-state index contributed by atoms with van der Waals surface area (Å²) in [6.07, 6.45) is 4.18. The van der Waals surface area contributed by atoms with Gasteiger partial charge in [-0.05, 0) is 79.9 Å². The van der Waals surface area contributed by atoms with Crippen LogP contribution in [0.3, 0.4) is 0 Å². The lowest BCUT2D eigenvalue weighted by molar-refractivity contribution is 0.0994. The summed E-state index contributed by atoms with van der Waals surface area (Å²) in [5, 5.41) is 0. The smallest absolute Gasteiger partial charge is 0.261 e. The Hall–Kier alpha value is -4.46. The van der Waals surface area contributed by atoms with Crippen LogP contribution >= 0.6 is 0 Å². The van der Waals surface area contributed by atoms with Crippen molar-refractivity contribution in [1.29, 1.82) is 0 Å². The van der Waals surface area contributed by atoms with E-state index in [1.807, 2.05) is 74.3 Å². The molecule has 1 amide bonds. The fourth-order valence-corrected chi connectivity index (χ4v) is 4.70. The van der Waals surface area contributed by atoms with Crippen molar-refractivity contribution in [2.24, 2.45) is 0 Å². The molecule has 0 aliphatic carbocycles. The quantitative estimate of drug-likeness (QED) is 0.398. The number of aryl methyl sites for hydroxylation is 2. The van der Waals surface area contributed by atoms with Gasteiger partial charge in [0, 0.05) is 43.7 Å². The summed E-state index contributed by atoms with van der Waals surface area (Å²) in [5.41, 5.74) is 12.1. The highest BCUT2D eigenvalue weighted by atomic mass is 16.5. The molecule has 0 saturated heterocycles. The number of pyridine rings is 3. The van der Waals surface area contributed by atoms with Crippen LogP contribution in [0.15, 0.2) is 60.9 Å². The maximum atomic E-state index is 13.3. The molecule has 8 nitrogen and oxygen atoms in total. The highest BCUT2D eigenvalue weighted by Crippen LogP contribution is 2.37. The first kappa shape index (κ1) is 24.2. The molecule has 2 N–H and O–H groups in total. The zero-order valence-corrected chi connectivity index (χ0v) is 21.5. The monoisotopic (exact) mass is 494 g/mol. The first-order valence-corrected chi connectivity index (χ1v) is 12.3. The number of carbonyl (C=O) groups excluding carboxylic acids is 1. The van der Waals surface area contributed by atoms with E-state index in [0.717, 1.165) is 45.2 Å². The van der Waals surface area contributed by atoms with Crippen LogP contribution in [0.2, 0.25) is 0 Å². The molecule has 0 saturated carbocycles. The highest BCUT2D eigenvalue weighted by molar-refractivity contribution is 6.12. The number of fused-ring (bicyclic) bond motifs is 2. The summed E-state index contributed by atoms with van der Waals surface area (Å²) in [6, 6.07) is 15.6. The molecule has 1 aliphatic rings. The van der Waals surface area contributed by atoms with Crippen molar-refractivity contribution >= 4 is 29.0 Å². The third-order valence-corrected chi connectivity index (χ3v) is 6.65. The summed E-state index contributed by atoms with van der Waals surface area (Å²) in [7, 11) is 1.77. The largest absolute Gasteiger partial charge is 0.493 e. The van der Waals surface area contributed by atoms with Gasteiger partial charge in [-0.3, -0.25) is 4.79 Å². The second-order valence-corrected chi connectivity index (χ2v) is 9.12. The van der Waals surface area contributed by atoms with Gasteiger partial charge in [0.25, 0.3) is 5.91 Å². The van der Waals surface area contributed by atoms with E-state index in [1.54, 1.807) is 18.1 Å². The Morgan fingerprint density at radius 2 is 1.84 bits per heavy atom. The van der Waals surface area contributed by atoms with E-state index in [0.29, 0.717) is 36.8 Å². The Labute approximate surface area is 216 Å². The van der Waals surface area contributed by atoms with Gasteiger partial charge in [-0.2, -0.15) is 0 Å². The van der Waals surface area contributed by atoms with Crippen LogP contribution in [-0.4, -0.2) is 41.1 Å². The van der Waals surface area contributed by atoms with E-state index in [2.05, 4.69) is 21.0 Å². The number of amides is 1. The van der Waals surface area contributed by atoms with Gasteiger partial charge >= 0.3 is 0 Å². The normalized spacial score (nSPS) is 12.7. The minimum absolute atomic E-state index is 0.102. The van der Waals surface area contributed by atoms with Gasteiger partial charge in [-0.1, -0.05) is 6.07 Å². The average Bonchev–Trinajstić information content (AvgIpc) is 2.98. The highest BCUT2D eigenvalue weighted by Gasteiger charge is 2.30. The molecule has 0 fully saturated rings. The molecular weight excluding hydrogens is 464 g/mol. The van der Waals surface area contributed by atoms with Crippen LogP contribution in [0.4, 0.5) is 23.1 Å². The van der Waals surface area contributed by atoms with Gasteiger partial charge in [0.05, 0.1) is 17.9 Å². The summed E-state index contributed by atoms with van der Waals surface area (Å²) >= 11 is 0. The lowest BCUT2D eigenvalue weighted by atomic mass is 10.0. The fraction of sp³-hybridized carbons (Fsp3) is 0.241. The fourth-order valence-electron chi connectivity index (χ4n) is 4.70. The molecule has 1 aromatic carbocycles. The van der Waals surface area contributed by atoms with E-state index in [4.69, 9.17) is 10.5 Å². The lowest BCUT2D eigenvalue weighted by Gasteiger charge is -2.22. The second-order valence-electron chi connectivity index (χ2n) is 9.12. The van der Waals surface area contributed by atoms with Gasteiger partial charge in [0.15, 0.2) is 5.82 Å². The van der Waals surface area contributed by atoms with Crippen LogP contribution in [0.5, 0.6) is 5.75 Å². The number of nitrogens with zero attached hydrogens (tertiary/aromatic N) is 5. The zero-order valence-electron chi connectivity index (χ0n) is 21.5. The predicted molar refractivity (Wildman–Crippen MR) is 147 cm³/mol. The molecule has 3 aromatic heterocycles. The number of ether oxygens (including phenoxy) is 1. The lowest BCUT2D eigenvalue weighted by Crippen LogP contribution is -2.25. The van der Waals surface area contributed by atoms with Gasteiger partial charge in [-0.25, -0.2) is 15.0 Å². The standard InChI is InChI=1S/C29H30N6O2/c1-5-35-27-23(29(36)34(4)24-7-6-13-31-28(24)35)16-20(17-32-27)12-14-37-25-10-8-21(15-18(25)2)22-9-11-26(30)33-19(22)3/h6-11,13,15-17H,5,12,14H2,1-4H3,(H2,30,33). The Morgan fingerprint density at radius 1 is 1.00 bits per heavy atom. The number of nitrogen functional groups attached to an aromatic ring is 1. The molecule has 1 aliphatic heterocycles. The second kappa shape index (κ2) is 9.89. The number of nitrogens with two attached hydrogens (primary N) is 1. The van der Waals surface area contributed by atoms with Crippen molar-refractivity contribution in [1.82, 2.24) is 15.0 Å². The summed E-state index contributed by atoms with van der Waals surface area (Å²) in [4.78, 5) is 30.5. The Bertz CT molecular complexity index is 1490. The number of aromatic nitrogens is 3. The van der Waals surface area contributed by atoms with Gasteiger partial charge in [0.1, 0.15) is 17.4 Å². The average molecular weight is 495 g/mol. The molecule has 0 radical (unpaired) electrons. The van der Waals surface area contributed by atoms with Crippen molar-refractivity contribution in [3.63, 3.8) is 0 Å². The molecule has 0 unspecified atom stereocenters. The third-order valence-electron chi connectivity index (χ3n) is 6.65. The van der Waals surface area contributed by atoms with Crippen molar-refractivity contribution in [3.8, 4) is 16.9 Å².